The molecule has 8 heteroatoms. The lowest BCUT2D eigenvalue weighted by atomic mass is 9.92. The third-order valence-electron chi connectivity index (χ3n) is 3.61. The zero-order chi connectivity index (χ0) is 17.9. The van der Waals surface area contributed by atoms with E-state index in [1.54, 1.807) is 24.3 Å². The third kappa shape index (κ3) is 5.26. The van der Waals surface area contributed by atoms with Gasteiger partial charge in [-0.15, -0.1) is 0 Å². The second kappa shape index (κ2) is 7.59. The van der Waals surface area contributed by atoms with Crippen LogP contribution in [0.25, 0.3) is 0 Å². The highest BCUT2D eigenvalue weighted by atomic mass is 32.7. The van der Waals surface area contributed by atoms with Gasteiger partial charge in [0.25, 0.3) is 0 Å². The maximum Gasteiger partial charge on any atom is 0.388 e. The van der Waals surface area contributed by atoms with Crippen molar-refractivity contribution in [1.29, 1.82) is 0 Å². The van der Waals surface area contributed by atoms with Gasteiger partial charge >= 0.3 is 6.80 Å². The van der Waals surface area contributed by atoms with Crippen LogP contribution in [0.2, 0.25) is 0 Å². The number of aliphatic hydroxyl groups excluding tert-OH is 1. The van der Waals surface area contributed by atoms with Crippen LogP contribution in [0.5, 0.6) is 11.5 Å². The maximum atomic E-state index is 11.2. The van der Waals surface area contributed by atoms with Crippen LogP contribution >= 0.6 is 18.2 Å². The summed E-state index contributed by atoms with van der Waals surface area (Å²) >= 11 is 0.352. The molecule has 0 amide bonds. The zero-order valence-corrected chi connectivity index (χ0v) is 14.6. The zero-order valence-electron chi connectivity index (χ0n) is 12.9. The van der Waals surface area contributed by atoms with Gasteiger partial charge in [0.05, 0.1) is 6.10 Å². The van der Waals surface area contributed by atoms with Gasteiger partial charge in [-0.2, -0.15) is 0 Å². The van der Waals surface area contributed by atoms with E-state index in [0.717, 1.165) is 5.56 Å². The van der Waals surface area contributed by atoms with Crippen LogP contribution in [0.15, 0.2) is 47.4 Å². The minimum Gasteiger partial charge on any atom is -0.508 e. The lowest BCUT2D eigenvalue weighted by Crippen LogP contribution is -2.05. The average molecular weight is 370 g/mol. The first-order valence-corrected chi connectivity index (χ1v) is 10.2. The summed E-state index contributed by atoms with van der Waals surface area (Å²) in [5, 5.41) is 29.4. The summed E-state index contributed by atoms with van der Waals surface area (Å²) in [6.45, 7) is -2.47. The topological polar surface area (TPSA) is 118 Å². The Morgan fingerprint density at radius 3 is 2.21 bits per heavy atom. The van der Waals surface area contributed by atoms with Gasteiger partial charge in [-0.05, 0) is 65.2 Å². The highest BCUT2D eigenvalue weighted by Gasteiger charge is 2.23. The van der Waals surface area contributed by atoms with Gasteiger partial charge in [-0.25, -0.2) is 4.57 Å². The fraction of sp³-hybridized carbons (Fsp3) is 0.250. The molecule has 2 aromatic carbocycles. The molecule has 0 bridgehead atoms. The van der Waals surface area contributed by atoms with Gasteiger partial charge < -0.3 is 25.1 Å². The summed E-state index contributed by atoms with van der Waals surface area (Å²) in [7, 11) is 0. The van der Waals surface area contributed by atoms with Gasteiger partial charge in [0, 0.05) is 4.90 Å². The molecule has 0 heterocycles. The molecule has 6 nitrogen and oxygen atoms in total. The maximum absolute atomic E-state index is 11.2. The van der Waals surface area contributed by atoms with Crippen molar-refractivity contribution in [2.45, 2.75) is 30.3 Å². The van der Waals surface area contributed by atoms with E-state index < -0.39 is 12.9 Å². The first-order valence-electron chi connectivity index (χ1n) is 7.21. The Kier molecular flexibility index (Phi) is 5.96. The SMILES string of the molecule is CC(CC(O)c1cc(O)ccc1SP(=O)(O)O)c1ccc(O)cc1. The van der Waals surface area contributed by atoms with E-state index in [-0.39, 0.29) is 27.9 Å². The number of phenolic OH excluding ortho intramolecular Hbond substituents is 2. The normalized spacial score (nSPS) is 14.3. The molecule has 2 aromatic rings. The molecule has 5 N–H and O–H groups in total. The fourth-order valence-corrected chi connectivity index (χ4v) is 4.36. The molecule has 0 aliphatic carbocycles. The Balaban J connectivity index is 2.22. The third-order valence-corrected chi connectivity index (χ3v) is 5.72. The molecule has 0 saturated heterocycles. The number of hydrogen-bond acceptors (Lipinski definition) is 5. The second-order valence-corrected chi connectivity index (χ2v) is 9.13. The van der Waals surface area contributed by atoms with Crippen LogP contribution in [0.4, 0.5) is 0 Å². The average Bonchev–Trinajstić information content (AvgIpc) is 2.48. The molecule has 0 fully saturated rings. The van der Waals surface area contributed by atoms with Crippen molar-refractivity contribution in [2.75, 3.05) is 0 Å². The van der Waals surface area contributed by atoms with Crippen LogP contribution in [-0.2, 0) is 4.57 Å². The van der Waals surface area contributed by atoms with Crippen LogP contribution in [0, 0.1) is 0 Å². The van der Waals surface area contributed by atoms with E-state index in [2.05, 4.69) is 0 Å². The highest BCUT2D eigenvalue weighted by molar-refractivity contribution is 8.54. The molecule has 130 valence electrons. The Labute approximate surface area is 143 Å². The lowest BCUT2D eigenvalue weighted by Gasteiger charge is -2.20. The van der Waals surface area contributed by atoms with E-state index in [1.165, 1.54) is 18.2 Å². The predicted octanol–water partition coefficient (Wildman–Crippen LogP) is 3.51. The summed E-state index contributed by atoms with van der Waals surface area (Å²) in [6.07, 6.45) is -0.710. The standard InChI is InChI=1S/C16H19O6PS/c1-10(11-2-4-12(17)5-3-11)8-15(19)14-9-13(18)6-7-16(14)24-23(20,21)22/h2-7,9-10,15,17-19H,8H2,1H3,(H2,20,21,22). The molecule has 0 aromatic heterocycles. The number of hydrogen-bond donors (Lipinski definition) is 5. The number of rotatable bonds is 6. The van der Waals surface area contributed by atoms with Gasteiger partial charge in [0.1, 0.15) is 11.5 Å². The Morgan fingerprint density at radius 2 is 1.62 bits per heavy atom. The molecular weight excluding hydrogens is 351 g/mol. The number of phenols is 2. The van der Waals surface area contributed by atoms with E-state index in [1.807, 2.05) is 6.92 Å². The summed E-state index contributed by atoms with van der Waals surface area (Å²) in [6, 6.07) is 10.6. The van der Waals surface area contributed by atoms with Crippen LogP contribution in [0.3, 0.4) is 0 Å². The molecule has 0 aliphatic rings. The van der Waals surface area contributed by atoms with Crippen molar-refractivity contribution in [2.24, 2.45) is 0 Å². The van der Waals surface area contributed by atoms with E-state index in [4.69, 9.17) is 9.79 Å². The Morgan fingerprint density at radius 1 is 1.04 bits per heavy atom. The number of aromatic hydroxyl groups is 2. The van der Waals surface area contributed by atoms with E-state index in [0.29, 0.717) is 17.8 Å². The van der Waals surface area contributed by atoms with Gasteiger partial charge in [0.15, 0.2) is 0 Å². The lowest BCUT2D eigenvalue weighted by molar-refractivity contribution is 0.156. The summed E-state index contributed by atoms with van der Waals surface area (Å²) in [5.41, 5.74) is 1.19. The summed E-state index contributed by atoms with van der Waals surface area (Å²) < 4.78 is 11.2. The van der Waals surface area contributed by atoms with Gasteiger partial charge in [0.2, 0.25) is 0 Å². The molecule has 2 rings (SSSR count). The van der Waals surface area contributed by atoms with Gasteiger partial charge in [-0.1, -0.05) is 19.1 Å². The van der Waals surface area contributed by atoms with Crippen molar-refractivity contribution < 1.29 is 29.7 Å². The van der Waals surface area contributed by atoms with Crippen molar-refractivity contribution >= 4 is 18.2 Å². The monoisotopic (exact) mass is 370 g/mol. The molecule has 2 unspecified atom stereocenters. The largest absolute Gasteiger partial charge is 0.508 e. The van der Waals surface area contributed by atoms with E-state index >= 15 is 0 Å². The molecule has 0 spiro atoms. The minimum atomic E-state index is -4.37. The first kappa shape index (κ1) is 18.8. The smallest absolute Gasteiger partial charge is 0.388 e. The first-order chi connectivity index (χ1) is 11.2. The quantitative estimate of drug-likeness (QED) is 0.494. The predicted molar refractivity (Wildman–Crippen MR) is 92.1 cm³/mol. The fourth-order valence-electron chi connectivity index (χ4n) is 2.41. The molecule has 0 aliphatic heterocycles. The van der Waals surface area contributed by atoms with Crippen LogP contribution < -0.4 is 0 Å². The van der Waals surface area contributed by atoms with Crippen molar-refractivity contribution in [3.05, 3.63) is 53.6 Å². The van der Waals surface area contributed by atoms with Gasteiger partial charge in [-0.3, -0.25) is 0 Å². The molecule has 0 radical (unpaired) electrons. The highest BCUT2D eigenvalue weighted by Crippen LogP contribution is 2.56. The van der Waals surface area contributed by atoms with Crippen molar-refractivity contribution in [3.8, 4) is 11.5 Å². The van der Waals surface area contributed by atoms with Crippen LogP contribution in [-0.4, -0.2) is 25.1 Å². The molecule has 0 saturated carbocycles. The summed E-state index contributed by atoms with van der Waals surface area (Å²) in [5.74, 6) is 0.00654. The Bertz CT molecular complexity index is 743. The number of aliphatic hydroxyl groups is 1. The molecular formula is C16H19O6PS. The van der Waals surface area contributed by atoms with E-state index in [9.17, 15) is 19.9 Å². The Hall–Kier alpha value is -1.50. The minimum absolute atomic E-state index is 0.0594. The van der Waals surface area contributed by atoms with Crippen LogP contribution in [0.1, 0.15) is 36.5 Å². The number of benzene rings is 2. The molecule has 2 atom stereocenters. The summed E-state index contributed by atoms with van der Waals surface area (Å²) in [4.78, 5) is 18.5. The molecule has 24 heavy (non-hydrogen) atoms. The second-order valence-electron chi connectivity index (χ2n) is 5.55. The van der Waals surface area contributed by atoms with Crippen molar-refractivity contribution in [3.63, 3.8) is 0 Å². The van der Waals surface area contributed by atoms with Crippen molar-refractivity contribution in [1.82, 2.24) is 0 Å².